The Kier molecular flexibility index (Phi) is 5.58. The van der Waals surface area contributed by atoms with Gasteiger partial charge in [0.1, 0.15) is 5.52 Å². The Labute approximate surface area is 180 Å². The highest BCUT2D eigenvalue weighted by atomic mass is 16.5. The summed E-state index contributed by atoms with van der Waals surface area (Å²) in [7, 11) is 4.66. The Bertz CT molecular complexity index is 1090. The summed E-state index contributed by atoms with van der Waals surface area (Å²) in [6, 6.07) is 3.60. The molecule has 8 heteroatoms. The predicted octanol–water partition coefficient (Wildman–Crippen LogP) is 3.77. The summed E-state index contributed by atoms with van der Waals surface area (Å²) in [5.41, 5.74) is 2.41. The first-order chi connectivity index (χ1) is 14.9. The van der Waals surface area contributed by atoms with Gasteiger partial charge in [-0.15, -0.1) is 0 Å². The number of ketones is 1. The molecule has 0 spiro atoms. The van der Waals surface area contributed by atoms with Crippen molar-refractivity contribution in [2.45, 2.75) is 38.7 Å². The van der Waals surface area contributed by atoms with E-state index in [-0.39, 0.29) is 11.9 Å². The molecule has 8 nitrogen and oxygen atoms in total. The minimum atomic E-state index is -0.515. The molecule has 164 valence electrons. The number of aromatic amines is 1. The first-order valence-corrected chi connectivity index (χ1v) is 10.3. The third kappa shape index (κ3) is 3.72. The van der Waals surface area contributed by atoms with Crippen molar-refractivity contribution in [2.24, 2.45) is 5.41 Å². The molecule has 1 aliphatic carbocycles. The zero-order valence-corrected chi connectivity index (χ0v) is 18.2. The van der Waals surface area contributed by atoms with Gasteiger partial charge in [0.25, 0.3) is 0 Å². The highest BCUT2D eigenvalue weighted by molar-refractivity contribution is 6.08. The van der Waals surface area contributed by atoms with Gasteiger partial charge in [-0.3, -0.25) is 4.79 Å². The fourth-order valence-electron chi connectivity index (χ4n) is 4.22. The molecule has 2 N–H and O–H groups in total. The number of nitrogens with zero attached hydrogens (tertiary/aromatic N) is 2. The number of hydrogen-bond donors (Lipinski definition) is 2. The summed E-state index contributed by atoms with van der Waals surface area (Å²) in [6.07, 6.45) is 5.57. The van der Waals surface area contributed by atoms with Crippen LogP contribution in [0.25, 0.3) is 22.4 Å². The molecule has 1 aliphatic rings. The lowest BCUT2D eigenvalue weighted by atomic mass is 9.70. The number of aromatic nitrogens is 3. The number of nitrogens with one attached hydrogen (secondary N) is 1. The molecule has 0 amide bonds. The van der Waals surface area contributed by atoms with Crippen LogP contribution in [0, 0.1) is 5.41 Å². The topological polar surface area (TPSA) is 107 Å². The lowest BCUT2D eigenvalue weighted by Crippen LogP contribution is -2.34. The largest absolute Gasteiger partial charge is 0.493 e. The number of H-pyrrole nitrogens is 1. The van der Waals surface area contributed by atoms with Crippen LogP contribution >= 0.6 is 0 Å². The van der Waals surface area contributed by atoms with Crippen molar-refractivity contribution in [3.63, 3.8) is 0 Å². The molecular formula is C23H27N3O5. The Morgan fingerprint density at radius 2 is 1.77 bits per heavy atom. The molecule has 0 atom stereocenters. The number of benzene rings is 1. The van der Waals surface area contributed by atoms with Gasteiger partial charge in [0.2, 0.25) is 5.75 Å². The maximum absolute atomic E-state index is 13.4. The summed E-state index contributed by atoms with van der Waals surface area (Å²) in [4.78, 5) is 25.7. The fourth-order valence-corrected chi connectivity index (χ4v) is 4.22. The number of ether oxygens (including phenoxy) is 3. The van der Waals surface area contributed by atoms with Crippen LogP contribution in [0.15, 0.2) is 24.5 Å². The number of aliphatic hydroxyl groups excluding tert-OH is 1. The number of Topliss-reactive ketones (excluding diaryl/α,β-unsaturated/α-hetero) is 1. The van der Waals surface area contributed by atoms with Gasteiger partial charge in [-0.2, -0.15) is 0 Å². The molecule has 4 rings (SSSR count). The first-order valence-electron chi connectivity index (χ1n) is 10.3. The molecular weight excluding hydrogens is 398 g/mol. The summed E-state index contributed by atoms with van der Waals surface area (Å²) in [5.74, 6) is 1.55. The van der Waals surface area contributed by atoms with E-state index in [2.05, 4.69) is 9.97 Å². The van der Waals surface area contributed by atoms with Crippen LogP contribution in [0.2, 0.25) is 0 Å². The zero-order chi connectivity index (χ0) is 22.2. The molecule has 1 saturated carbocycles. The molecule has 0 bridgehead atoms. The Balaban J connectivity index is 1.77. The average Bonchev–Trinajstić information content (AvgIpc) is 3.22. The summed E-state index contributed by atoms with van der Waals surface area (Å²) < 4.78 is 16.3. The monoisotopic (exact) mass is 425 g/mol. The molecule has 2 heterocycles. The SMILES string of the molecule is COc1cc(-c2cnc3[nH]cc(C(=O)C4(C)CCC(O)CC4)c3n2)cc(OC)c1OC. The van der Waals surface area contributed by atoms with Crippen molar-refractivity contribution >= 4 is 16.9 Å². The van der Waals surface area contributed by atoms with Crippen LogP contribution in [0.4, 0.5) is 0 Å². The van der Waals surface area contributed by atoms with E-state index < -0.39 is 5.41 Å². The van der Waals surface area contributed by atoms with E-state index in [0.29, 0.717) is 65.4 Å². The van der Waals surface area contributed by atoms with Crippen LogP contribution < -0.4 is 14.2 Å². The second-order valence-electron chi connectivity index (χ2n) is 8.19. The summed E-state index contributed by atoms with van der Waals surface area (Å²) >= 11 is 0. The number of aliphatic hydroxyl groups is 1. The van der Waals surface area contributed by atoms with E-state index in [1.54, 1.807) is 45.9 Å². The van der Waals surface area contributed by atoms with Gasteiger partial charge in [-0.1, -0.05) is 6.92 Å². The van der Waals surface area contributed by atoms with Crippen LogP contribution in [0.5, 0.6) is 17.2 Å². The van der Waals surface area contributed by atoms with Crippen molar-refractivity contribution in [2.75, 3.05) is 21.3 Å². The van der Waals surface area contributed by atoms with Crippen molar-refractivity contribution in [1.29, 1.82) is 0 Å². The van der Waals surface area contributed by atoms with E-state index in [9.17, 15) is 9.90 Å². The van der Waals surface area contributed by atoms with Gasteiger partial charge in [0.05, 0.1) is 44.9 Å². The minimum Gasteiger partial charge on any atom is -0.493 e. The third-order valence-corrected chi connectivity index (χ3v) is 6.19. The smallest absolute Gasteiger partial charge is 0.203 e. The van der Waals surface area contributed by atoms with Crippen LogP contribution in [0.1, 0.15) is 43.0 Å². The highest BCUT2D eigenvalue weighted by Gasteiger charge is 2.38. The Morgan fingerprint density at radius 1 is 1.13 bits per heavy atom. The normalized spacial score (nSPS) is 21.1. The fraction of sp³-hybridized carbons (Fsp3) is 0.435. The second kappa shape index (κ2) is 8.19. The predicted molar refractivity (Wildman–Crippen MR) is 116 cm³/mol. The standard InChI is InChI=1S/C23H27N3O5/c1-23(7-5-14(27)6-8-23)21(28)15-11-24-22-19(15)26-16(12-25-22)13-9-17(29-2)20(31-4)18(10-13)30-3/h9-12,14,27H,5-8H2,1-4H3,(H,24,25). The van der Waals surface area contributed by atoms with Crippen molar-refractivity contribution in [3.8, 4) is 28.5 Å². The van der Waals surface area contributed by atoms with Crippen molar-refractivity contribution in [1.82, 2.24) is 15.0 Å². The minimum absolute atomic E-state index is 0.0296. The van der Waals surface area contributed by atoms with E-state index in [4.69, 9.17) is 19.2 Å². The molecule has 1 aromatic carbocycles. The van der Waals surface area contributed by atoms with Crippen LogP contribution in [0.3, 0.4) is 0 Å². The van der Waals surface area contributed by atoms with Gasteiger partial charge in [-0.25, -0.2) is 9.97 Å². The lowest BCUT2D eigenvalue weighted by molar-refractivity contribution is 0.0532. The maximum atomic E-state index is 13.4. The lowest BCUT2D eigenvalue weighted by Gasteiger charge is -2.34. The number of methoxy groups -OCH3 is 3. The van der Waals surface area contributed by atoms with Crippen LogP contribution in [-0.4, -0.2) is 53.3 Å². The van der Waals surface area contributed by atoms with Crippen molar-refractivity contribution < 1.29 is 24.1 Å². The van der Waals surface area contributed by atoms with E-state index in [1.807, 2.05) is 6.92 Å². The van der Waals surface area contributed by atoms with Crippen LogP contribution in [-0.2, 0) is 0 Å². The Hall–Kier alpha value is -3.13. The molecule has 3 aromatic rings. The number of fused-ring (bicyclic) bond motifs is 1. The zero-order valence-electron chi connectivity index (χ0n) is 18.2. The van der Waals surface area contributed by atoms with E-state index >= 15 is 0 Å². The van der Waals surface area contributed by atoms with Gasteiger partial charge in [0, 0.05) is 17.2 Å². The van der Waals surface area contributed by atoms with Gasteiger partial charge in [-0.05, 0) is 37.8 Å². The molecule has 31 heavy (non-hydrogen) atoms. The number of rotatable bonds is 6. The van der Waals surface area contributed by atoms with Gasteiger partial charge in [0.15, 0.2) is 22.9 Å². The molecule has 0 radical (unpaired) electrons. The number of carbonyl (C=O) groups is 1. The molecule has 0 saturated heterocycles. The molecule has 0 unspecified atom stereocenters. The highest BCUT2D eigenvalue weighted by Crippen LogP contribution is 2.42. The third-order valence-electron chi connectivity index (χ3n) is 6.19. The van der Waals surface area contributed by atoms with Crippen molar-refractivity contribution in [3.05, 3.63) is 30.1 Å². The summed E-state index contributed by atoms with van der Waals surface area (Å²) in [5, 5.41) is 9.84. The number of hydrogen-bond acceptors (Lipinski definition) is 7. The molecule has 1 fully saturated rings. The van der Waals surface area contributed by atoms with Gasteiger partial charge < -0.3 is 24.3 Å². The maximum Gasteiger partial charge on any atom is 0.203 e. The van der Waals surface area contributed by atoms with Gasteiger partial charge >= 0.3 is 0 Å². The average molecular weight is 425 g/mol. The first kappa shape index (κ1) is 21.1. The molecule has 2 aromatic heterocycles. The van der Waals surface area contributed by atoms with E-state index in [0.717, 1.165) is 5.56 Å². The van der Waals surface area contributed by atoms with E-state index in [1.165, 1.54) is 0 Å². The molecule has 0 aliphatic heterocycles. The summed E-state index contributed by atoms with van der Waals surface area (Å²) in [6.45, 7) is 1.97. The second-order valence-corrected chi connectivity index (χ2v) is 8.19. The number of carbonyl (C=O) groups excluding carboxylic acids is 1. The Morgan fingerprint density at radius 3 is 2.35 bits per heavy atom. The quantitative estimate of drug-likeness (QED) is 0.579.